The Bertz CT molecular complexity index is 477. The van der Waals surface area contributed by atoms with Gasteiger partial charge in [-0.05, 0) is 5.11 Å². The van der Waals surface area contributed by atoms with Crippen LogP contribution in [0.5, 0.6) is 0 Å². The molecule has 0 saturated carbocycles. The Morgan fingerprint density at radius 2 is 1.62 bits per heavy atom. The van der Waals surface area contributed by atoms with Crippen molar-refractivity contribution in [2.45, 2.75) is 55.3 Å². The van der Waals surface area contributed by atoms with Gasteiger partial charge >= 0.3 is 0 Å². The fourth-order valence-electron chi connectivity index (χ4n) is 2.50. The van der Waals surface area contributed by atoms with Gasteiger partial charge in [0.1, 0.15) is 42.7 Å². The Balaban J connectivity index is 1.91. The SMILES string of the molecule is C/[N+]([O-])=N/COC1OC(COC2OCC(O)C(O)C2O)C(O)C(O)C1O. The average Bonchev–Trinajstić information content (AvgIpc) is 2.60. The summed E-state index contributed by atoms with van der Waals surface area (Å²) >= 11 is 0. The molecule has 0 aromatic heterocycles. The maximum atomic E-state index is 10.7. The lowest BCUT2D eigenvalue weighted by molar-refractivity contribution is -0.505. The van der Waals surface area contributed by atoms with Gasteiger partial charge in [0.2, 0.25) is 6.73 Å². The monoisotopic (exact) mass is 384 g/mol. The second-order valence-electron chi connectivity index (χ2n) is 6.00. The van der Waals surface area contributed by atoms with Crippen molar-refractivity contribution in [1.82, 2.24) is 0 Å². The van der Waals surface area contributed by atoms with E-state index in [1.165, 1.54) is 0 Å². The Morgan fingerprint density at radius 1 is 0.962 bits per heavy atom. The predicted molar refractivity (Wildman–Crippen MR) is 78.3 cm³/mol. The van der Waals surface area contributed by atoms with Gasteiger partial charge in [0, 0.05) is 0 Å². The first kappa shape index (κ1) is 21.3. The van der Waals surface area contributed by atoms with E-state index in [0.29, 0.717) is 0 Å². The van der Waals surface area contributed by atoms with Crippen LogP contribution in [0, 0.1) is 5.21 Å². The summed E-state index contributed by atoms with van der Waals surface area (Å²) in [5.41, 5.74) is 0. The molecule has 2 rings (SSSR count). The van der Waals surface area contributed by atoms with Crippen molar-refractivity contribution in [2.24, 2.45) is 5.11 Å². The molecule has 2 fully saturated rings. The second-order valence-corrected chi connectivity index (χ2v) is 6.00. The first-order chi connectivity index (χ1) is 12.2. The molecule has 9 unspecified atom stereocenters. The van der Waals surface area contributed by atoms with Gasteiger partial charge in [-0.25, -0.2) is 0 Å². The van der Waals surface area contributed by atoms with E-state index in [4.69, 9.17) is 18.9 Å². The molecule has 9 atom stereocenters. The molecule has 2 aliphatic rings. The van der Waals surface area contributed by atoms with Crippen LogP contribution in [0.2, 0.25) is 0 Å². The first-order valence-electron chi connectivity index (χ1n) is 7.89. The zero-order valence-corrected chi connectivity index (χ0v) is 13.9. The van der Waals surface area contributed by atoms with Crippen LogP contribution in [0.1, 0.15) is 0 Å². The summed E-state index contributed by atoms with van der Waals surface area (Å²) in [6, 6.07) is 0. The van der Waals surface area contributed by atoms with Gasteiger partial charge < -0.3 is 54.8 Å². The minimum Gasteiger partial charge on any atom is -0.600 e. The zero-order chi connectivity index (χ0) is 19.4. The number of hydrogen-bond donors (Lipinski definition) is 6. The fraction of sp³-hybridized carbons (Fsp3) is 1.00. The van der Waals surface area contributed by atoms with Crippen LogP contribution in [0.3, 0.4) is 0 Å². The number of aliphatic hydroxyl groups excluding tert-OH is 6. The highest BCUT2D eigenvalue weighted by molar-refractivity contribution is 4.90. The van der Waals surface area contributed by atoms with Crippen molar-refractivity contribution in [3.05, 3.63) is 5.21 Å². The molecule has 0 aromatic rings. The van der Waals surface area contributed by atoms with Gasteiger partial charge in [0.05, 0.1) is 13.2 Å². The van der Waals surface area contributed by atoms with E-state index in [2.05, 4.69) is 5.11 Å². The van der Waals surface area contributed by atoms with Crippen molar-refractivity contribution in [3.8, 4) is 0 Å². The summed E-state index contributed by atoms with van der Waals surface area (Å²) < 4.78 is 20.6. The molecule has 2 heterocycles. The van der Waals surface area contributed by atoms with Crippen molar-refractivity contribution in [1.29, 1.82) is 0 Å². The van der Waals surface area contributed by atoms with E-state index in [9.17, 15) is 35.8 Å². The number of rotatable bonds is 6. The van der Waals surface area contributed by atoms with Crippen LogP contribution in [0.15, 0.2) is 5.11 Å². The molecule has 0 spiro atoms. The molecule has 26 heavy (non-hydrogen) atoms. The van der Waals surface area contributed by atoms with E-state index >= 15 is 0 Å². The minimum atomic E-state index is -1.63. The normalized spacial score (nSPS) is 44.9. The Kier molecular flexibility index (Phi) is 7.60. The predicted octanol–water partition coefficient (Wildman–Crippen LogP) is -4.18. The molecule has 2 aliphatic heterocycles. The molecule has 13 heteroatoms. The molecular formula is C13H24N2O11. The zero-order valence-electron chi connectivity index (χ0n) is 13.9. The maximum Gasteiger partial charge on any atom is 0.203 e. The van der Waals surface area contributed by atoms with Gasteiger partial charge in [0.15, 0.2) is 19.6 Å². The molecule has 0 amide bonds. The highest BCUT2D eigenvalue weighted by Gasteiger charge is 2.45. The quantitative estimate of drug-likeness (QED) is 0.148. The number of hydroxylamine groups is 1. The average molecular weight is 384 g/mol. The van der Waals surface area contributed by atoms with Crippen LogP contribution in [-0.2, 0) is 18.9 Å². The molecular weight excluding hydrogens is 360 g/mol. The number of aliphatic hydroxyl groups is 6. The summed E-state index contributed by atoms with van der Waals surface area (Å²) in [6.07, 6.45) is -12.9. The van der Waals surface area contributed by atoms with E-state index in [0.717, 1.165) is 7.05 Å². The Labute approximate surface area is 148 Å². The van der Waals surface area contributed by atoms with E-state index in [-0.39, 0.29) is 11.5 Å². The molecule has 0 bridgehead atoms. The lowest BCUT2D eigenvalue weighted by Crippen LogP contribution is -2.60. The van der Waals surface area contributed by atoms with Crippen molar-refractivity contribution >= 4 is 0 Å². The standard InChI is InChI=1S/C13H24N2O11/c1-15(22)14-4-25-13-11(21)9(19)8(18)6(26-13)3-24-12-10(20)7(17)5(16)2-23-12/h5-13,16-21H,2-4H2,1H3/b15-14-. The third-order valence-corrected chi connectivity index (χ3v) is 4.04. The lowest BCUT2D eigenvalue weighted by atomic mass is 9.99. The van der Waals surface area contributed by atoms with E-state index in [1.807, 2.05) is 0 Å². The number of azo groups is 1. The second kappa shape index (κ2) is 9.27. The molecule has 0 aliphatic carbocycles. The summed E-state index contributed by atoms with van der Waals surface area (Å²) in [4.78, 5) is 0.239. The molecule has 0 aromatic carbocycles. The van der Waals surface area contributed by atoms with Gasteiger partial charge in [-0.1, -0.05) is 4.86 Å². The van der Waals surface area contributed by atoms with Gasteiger partial charge in [0.25, 0.3) is 0 Å². The number of ether oxygens (including phenoxy) is 4. The number of nitrogens with zero attached hydrogens (tertiary/aromatic N) is 2. The van der Waals surface area contributed by atoms with E-state index in [1.54, 1.807) is 0 Å². The molecule has 13 nitrogen and oxygen atoms in total. The van der Waals surface area contributed by atoms with Crippen molar-refractivity contribution < 1.29 is 54.4 Å². The minimum absolute atomic E-state index is 0.239. The highest BCUT2D eigenvalue weighted by Crippen LogP contribution is 2.24. The summed E-state index contributed by atoms with van der Waals surface area (Å²) in [7, 11) is 1.12. The number of hydrogen-bond acceptors (Lipinski definition) is 12. The van der Waals surface area contributed by atoms with Crippen LogP contribution >= 0.6 is 0 Å². The Hall–Kier alpha value is -1.00. The van der Waals surface area contributed by atoms with Crippen LogP contribution in [-0.4, -0.2) is 118 Å². The summed E-state index contributed by atoms with van der Waals surface area (Å²) in [5.74, 6) is 0. The third kappa shape index (κ3) is 5.04. The van der Waals surface area contributed by atoms with Crippen LogP contribution in [0.25, 0.3) is 0 Å². The molecule has 0 radical (unpaired) electrons. The molecule has 152 valence electrons. The summed E-state index contributed by atoms with van der Waals surface area (Å²) in [5, 5.41) is 72.5. The largest absolute Gasteiger partial charge is 0.600 e. The van der Waals surface area contributed by atoms with Gasteiger partial charge in [-0.15, -0.1) is 0 Å². The molecule has 2 saturated heterocycles. The lowest BCUT2D eigenvalue weighted by Gasteiger charge is -2.41. The topological polar surface area (TPSA) is 197 Å². The highest BCUT2D eigenvalue weighted by atomic mass is 16.7. The smallest absolute Gasteiger partial charge is 0.203 e. The van der Waals surface area contributed by atoms with Crippen LogP contribution in [0.4, 0.5) is 0 Å². The fourth-order valence-corrected chi connectivity index (χ4v) is 2.50. The Morgan fingerprint density at radius 3 is 2.27 bits per heavy atom. The first-order valence-corrected chi connectivity index (χ1v) is 7.89. The van der Waals surface area contributed by atoms with Crippen LogP contribution < -0.4 is 0 Å². The van der Waals surface area contributed by atoms with Gasteiger partial charge in [-0.2, -0.15) is 0 Å². The maximum absolute atomic E-state index is 10.7. The van der Waals surface area contributed by atoms with Gasteiger partial charge in [-0.3, -0.25) is 0 Å². The third-order valence-electron chi connectivity index (χ3n) is 4.04. The van der Waals surface area contributed by atoms with Crippen molar-refractivity contribution in [3.63, 3.8) is 0 Å². The van der Waals surface area contributed by atoms with E-state index < -0.39 is 68.6 Å². The summed E-state index contributed by atoms with van der Waals surface area (Å²) in [6.45, 7) is -1.12. The van der Waals surface area contributed by atoms with Crippen molar-refractivity contribution in [2.75, 3.05) is 27.0 Å². The molecule has 6 N–H and O–H groups in total.